The molecule has 2 aliphatic rings. The van der Waals surface area contributed by atoms with E-state index in [9.17, 15) is 19.2 Å². The Hall–Kier alpha value is -2.56. The van der Waals surface area contributed by atoms with Crippen molar-refractivity contribution in [3.8, 4) is 0 Å². The van der Waals surface area contributed by atoms with Gasteiger partial charge in [-0.25, -0.2) is 4.98 Å². The first-order valence-corrected chi connectivity index (χ1v) is 10.2. The third-order valence-corrected chi connectivity index (χ3v) is 6.20. The van der Waals surface area contributed by atoms with E-state index in [0.717, 1.165) is 0 Å². The highest BCUT2D eigenvalue weighted by atomic mass is 32.2. The number of nitrogens with two attached hydrogens (primary N) is 1. The summed E-state index contributed by atoms with van der Waals surface area (Å²) in [7, 11) is 0. The molecule has 0 spiro atoms. The van der Waals surface area contributed by atoms with Crippen molar-refractivity contribution < 1.29 is 19.2 Å². The summed E-state index contributed by atoms with van der Waals surface area (Å²) in [6, 6.07) is -2.29. The molecule has 2 fully saturated rings. The number of imidazole rings is 1. The predicted octanol–water partition coefficient (Wildman–Crippen LogP) is -1.47. The van der Waals surface area contributed by atoms with Gasteiger partial charge < -0.3 is 26.3 Å². The molecule has 3 heterocycles. The van der Waals surface area contributed by atoms with Crippen LogP contribution in [0.25, 0.3) is 0 Å². The third-order valence-electron chi connectivity index (χ3n) is 4.96. The predicted molar refractivity (Wildman–Crippen MR) is 102 cm³/mol. The summed E-state index contributed by atoms with van der Waals surface area (Å²) >= 11 is 1.39. The number of thioether (sulfide) groups is 1. The Morgan fingerprint density at radius 1 is 1.46 bits per heavy atom. The molecule has 0 aromatic carbocycles. The van der Waals surface area contributed by atoms with Gasteiger partial charge in [-0.1, -0.05) is 0 Å². The van der Waals surface area contributed by atoms with Crippen LogP contribution in [0.3, 0.4) is 0 Å². The zero-order chi connectivity index (χ0) is 20.3. The van der Waals surface area contributed by atoms with E-state index in [2.05, 4.69) is 20.6 Å². The van der Waals surface area contributed by atoms with Crippen LogP contribution < -0.4 is 16.4 Å². The smallest absolute Gasteiger partial charge is 0.246 e. The lowest BCUT2D eigenvalue weighted by Gasteiger charge is -2.30. The molecule has 2 saturated heterocycles. The van der Waals surface area contributed by atoms with Gasteiger partial charge >= 0.3 is 0 Å². The molecule has 0 radical (unpaired) electrons. The maximum Gasteiger partial charge on any atom is 0.246 e. The van der Waals surface area contributed by atoms with Gasteiger partial charge in [0.25, 0.3) is 0 Å². The minimum atomic E-state index is -0.906. The summed E-state index contributed by atoms with van der Waals surface area (Å²) in [6.45, 7) is 2.18. The second-order valence-electron chi connectivity index (χ2n) is 6.95. The molecule has 28 heavy (non-hydrogen) atoms. The van der Waals surface area contributed by atoms with Crippen LogP contribution in [-0.2, 0) is 25.6 Å². The van der Waals surface area contributed by atoms with Gasteiger partial charge in [-0.2, -0.15) is 0 Å². The number of amides is 4. The normalized spacial score (nSPS) is 25.8. The van der Waals surface area contributed by atoms with Crippen molar-refractivity contribution in [3.05, 3.63) is 18.2 Å². The molecule has 4 atom stereocenters. The second-order valence-corrected chi connectivity index (χ2v) is 8.33. The number of rotatable bonds is 6. The van der Waals surface area contributed by atoms with E-state index < -0.39 is 29.9 Å². The van der Waals surface area contributed by atoms with E-state index in [4.69, 9.17) is 5.73 Å². The Morgan fingerprint density at radius 2 is 2.25 bits per heavy atom. The molecule has 1 aromatic rings. The van der Waals surface area contributed by atoms with E-state index in [1.165, 1.54) is 23.0 Å². The van der Waals surface area contributed by atoms with Crippen molar-refractivity contribution in [2.24, 2.45) is 5.73 Å². The fraction of sp³-hybridized carbons (Fsp3) is 0.588. The van der Waals surface area contributed by atoms with Gasteiger partial charge in [0, 0.05) is 24.9 Å². The van der Waals surface area contributed by atoms with Gasteiger partial charge in [0.15, 0.2) is 0 Å². The maximum atomic E-state index is 13.1. The molecule has 0 saturated carbocycles. The Labute approximate surface area is 166 Å². The van der Waals surface area contributed by atoms with Gasteiger partial charge in [-0.15, -0.1) is 11.8 Å². The van der Waals surface area contributed by atoms with Gasteiger partial charge in [-0.3, -0.25) is 19.2 Å². The van der Waals surface area contributed by atoms with Crippen molar-refractivity contribution in [3.63, 3.8) is 0 Å². The monoisotopic (exact) mass is 408 g/mol. The molecular formula is C17H24N6O4S. The number of nitrogens with one attached hydrogen (secondary N) is 3. The van der Waals surface area contributed by atoms with Crippen molar-refractivity contribution in [2.75, 3.05) is 12.3 Å². The lowest BCUT2D eigenvalue weighted by Crippen LogP contribution is -2.59. The van der Waals surface area contributed by atoms with E-state index in [1.54, 1.807) is 13.1 Å². The standard InChI is InChI=1S/C17H24N6O4S/c1-9-15(25)22-12(7-28-9)16(26)21-11(5-10-6-19-8-20-10)17(27)23-4-2-3-13(23)14(18)24/h6,8-9,11-13H,2-5,7H2,1H3,(H2,18,24)(H,19,20)(H,21,26)(H,22,25)/t9-,11-,12+,13+/m1/s1. The number of aromatic amines is 1. The summed E-state index contributed by atoms with van der Waals surface area (Å²) < 4.78 is 0. The zero-order valence-electron chi connectivity index (χ0n) is 15.5. The number of primary amides is 1. The van der Waals surface area contributed by atoms with Crippen LogP contribution in [0.4, 0.5) is 0 Å². The minimum Gasteiger partial charge on any atom is -0.368 e. The molecule has 152 valence electrons. The average molecular weight is 408 g/mol. The largest absolute Gasteiger partial charge is 0.368 e. The lowest BCUT2D eigenvalue weighted by atomic mass is 10.1. The fourth-order valence-corrected chi connectivity index (χ4v) is 4.33. The van der Waals surface area contributed by atoms with E-state index in [0.29, 0.717) is 30.8 Å². The SMILES string of the molecule is C[C@H]1SC[C@@H](C(=O)N[C@H](Cc2c[nH]cn2)C(=O)N2CCC[C@H]2C(N)=O)NC1=O. The quantitative estimate of drug-likeness (QED) is 0.451. The fourth-order valence-electron chi connectivity index (χ4n) is 3.40. The Balaban J connectivity index is 1.73. The van der Waals surface area contributed by atoms with Crippen LogP contribution in [0.15, 0.2) is 12.5 Å². The number of aromatic nitrogens is 2. The van der Waals surface area contributed by atoms with Gasteiger partial charge in [-0.05, 0) is 19.8 Å². The molecule has 2 aliphatic heterocycles. The molecule has 1 aromatic heterocycles. The highest BCUT2D eigenvalue weighted by molar-refractivity contribution is 8.00. The van der Waals surface area contributed by atoms with E-state index in [1.807, 2.05) is 0 Å². The highest BCUT2D eigenvalue weighted by Crippen LogP contribution is 2.20. The first kappa shape index (κ1) is 20.2. The highest BCUT2D eigenvalue weighted by Gasteiger charge is 2.38. The number of carbonyl (C=O) groups excluding carboxylic acids is 4. The lowest BCUT2D eigenvalue weighted by molar-refractivity contribution is -0.141. The number of hydrogen-bond acceptors (Lipinski definition) is 6. The molecule has 11 heteroatoms. The third kappa shape index (κ3) is 4.46. The Morgan fingerprint density at radius 3 is 2.89 bits per heavy atom. The molecule has 4 amide bonds. The van der Waals surface area contributed by atoms with Gasteiger partial charge in [0.1, 0.15) is 18.1 Å². The van der Waals surface area contributed by atoms with Crippen LogP contribution in [0.5, 0.6) is 0 Å². The van der Waals surface area contributed by atoms with Crippen LogP contribution in [-0.4, -0.2) is 74.2 Å². The molecule has 0 unspecified atom stereocenters. The summed E-state index contributed by atoms with van der Waals surface area (Å²) in [5.74, 6) is -1.15. The summed E-state index contributed by atoms with van der Waals surface area (Å²) in [5.41, 5.74) is 6.02. The summed E-state index contributed by atoms with van der Waals surface area (Å²) in [6.07, 6.45) is 4.48. The second kappa shape index (κ2) is 8.63. The van der Waals surface area contributed by atoms with Crippen LogP contribution in [0.2, 0.25) is 0 Å². The molecule has 10 nitrogen and oxygen atoms in total. The number of H-pyrrole nitrogens is 1. The van der Waals surface area contributed by atoms with Crippen LogP contribution in [0, 0.1) is 0 Å². The van der Waals surface area contributed by atoms with Gasteiger partial charge in [0.2, 0.25) is 23.6 Å². The molecule has 5 N–H and O–H groups in total. The first-order valence-electron chi connectivity index (χ1n) is 9.16. The van der Waals surface area contributed by atoms with Crippen molar-refractivity contribution >= 4 is 35.4 Å². The number of carbonyl (C=O) groups is 4. The molecule has 3 rings (SSSR count). The first-order chi connectivity index (χ1) is 13.4. The minimum absolute atomic E-state index is 0.167. The molecule has 0 bridgehead atoms. The molecular weight excluding hydrogens is 384 g/mol. The van der Waals surface area contributed by atoms with E-state index in [-0.39, 0.29) is 23.5 Å². The van der Waals surface area contributed by atoms with Crippen LogP contribution >= 0.6 is 11.8 Å². The number of nitrogens with zero attached hydrogens (tertiary/aromatic N) is 2. The van der Waals surface area contributed by atoms with Gasteiger partial charge in [0.05, 0.1) is 17.3 Å². The summed E-state index contributed by atoms with van der Waals surface area (Å²) in [5, 5.41) is 5.19. The number of hydrogen-bond donors (Lipinski definition) is 4. The zero-order valence-corrected chi connectivity index (χ0v) is 16.3. The molecule has 0 aliphatic carbocycles. The number of likely N-dealkylation sites (tertiary alicyclic amines) is 1. The average Bonchev–Trinajstić information content (AvgIpc) is 3.34. The van der Waals surface area contributed by atoms with Crippen molar-refractivity contribution in [2.45, 2.75) is 49.6 Å². The maximum absolute atomic E-state index is 13.1. The van der Waals surface area contributed by atoms with Crippen LogP contribution in [0.1, 0.15) is 25.5 Å². The topological polar surface area (TPSA) is 150 Å². The van der Waals surface area contributed by atoms with Crippen molar-refractivity contribution in [1.82, 2.24) is 25.5 Å². The Bertz CT molecular complexity index is 755. The Kier molecular flexibility index (Phi) is 6.22. The van der Waals surface area contributed by atoms with Crippen molar-refractivity contribution in [1.29, 1.82) is 0 Å². The summed E-state index contributed by atoms with van der Waals surface area (Å²) in [4.78, 5) is 57.7. The van der Waals surface area contributed by atoms with E-state index >= 15 is 0 Å².